The van der Waals surface area contributed by atoms with Gasteiger partial charge < -0.3 is 74.7 Å². The van der Waals surface area contributed by atoms with Gasteiger partial charge in [0.2, 0.25) is 5.76 Å². The number of esters is 1. The molecule has 0 amide bonds. The van der Waals surface area contributed by atoms with E-state index in [0.29, 0.717) is 0 Å². The number of para-hydroxylation sites is 1. The quantitative estimate of drug-likeness (QED) is 0.0371. The van der Waals surface area contributed by atoms with E-state index in [9.17, 15) is 45.6 Å². The number of rotatable bonds is 21. The van der Waals surface area contributed by atoms with E-state index in [0.717, 1.165) is 0 Å². The molecular weight excluding hydrogens is 544 g/mol. The molecule has 5 atom stereocenters. The summed E-state index contributed by atoms with van der Waals surface area (Å²) in [6.07, 6.45) is -7.04. The van der Waals surface area contributed by atoms with Crippen molar-refractivity contribution >= 4 is 11.7 Å². The molecule has 0 saturated carbocycles. The van der Waals surface area contributed by atoms with Crippen molar-refractivity contribution in [1.82, 2.24) is 0 Å². The van der Waals surface area contributed by atoms with Crippen molar-refractivity contribution in [3.63, 3.8) is 0 Å². The van der Waals surface area contributed by atoms with Gasteiger partial charge in [0.15, 0.2) is 17.3 Å². The van der Waals surface area contributed by atoms with Gasteiger partial charge >= 0.3 is 5.97 Å². The maximum atomic E-state index is 13.0. The third-order valence-electron chi connectivity index (χ3n) is 4.77. The molecule has 0 aliphatic heterocycles. The van der Waals surface area contributed by atoms with Crippen molar-refractivity contribution < 1.29 is 79.5 Å². The Morgan fingerprint density at radius 2 is 1.05 bits per heavy atom. The van der Waals surface area contributed by atoms with Crippen LogP contribution in [0.25, 0.3) is 5.76 Å². The molecule has 0 bridgehead atoms. The number of aliphatic hydroxyl groups excluding tert-OH is 10. The lowest BCUT2D eigenvalue weighted by atomic mass is 10.1. The number of ether oxygens (including phenoxy) is 5. The van der Waals surface area contributed by atoms with Crippen LogP contribution in [0.15, 0.2) is 24.0 Å². The third-order valence-corrected chi connectivity index (χ3v) is 4.77. The van der Waals surface area contributed by atoms with Gasteiger partial charge in [0, 0.05) is 0 Å². The first kappa shape index (κ1) is 35.3. The van der Waals surface area contributed by atoms with Crippen LogP contribution >= 0.6 is 0 Å². The number of benzene rings is 1. The maximum absolute atomic E-state index is 13.0. The maximum Gasteiger partial charge on any atom is 0.377 e. The molecule has 0 heterocycles. The average Bonchev–Trinajstić information content (AvgIpc) is 2.98. The molecule has 5 unspecified atom stereocenters. The van der Waals surface area contributed by atoms with Gasteiger partial charge in [-0.15, -0.1) is 0 Å². The van der Waals surface area contributed by atoms with Crippen molar-refractivity contribution in [2.75, 3.05) is 66.1 Å². The van der Waals surface area contributed by atoms with Gasteiger partial charge in [-0.05, 0) is 12.1 Å². The lowest BCUT2D eigenvalue weighted by molar-refractivity contribution is -0.147. The Morgan fingerprint density at radius 3 is 1.57 bits per heavy atom. The molecule has 0 fully saturated rings. The van der Waals surface area contributed by atoms with Crippen molar-refractivity contribution in [3.8, 4) is 11.5 Å². The summed E-state index contributed by atoms with van der Waals surface area (Å²) >= 11 is 0. The van der Waals surface area contributed by atoms with E-state index in [1.807, 2.05) is 0 Å². The van der Waals surface area contributed by atoms with Crippen LogP contribution in [-0.4, -0.2) is 154 Å². The molecule has 0 aliphatic rings. The van der Waals surface area contributed by atoms with E-state index in [1.165, 1.54) is 18.2 Å². The monoisotopic (exact) mass is 582 g/mol. The first-order valence-corrected chi connectivity index (χ1v) is 12.1. The molecule has 0 aromatic heterocycles. The highest BCUT2D eigenvalue weighted by Crippen LogP contribution is 2.38. The summed E-state index contributed by atoms with van der Waals surface area (Å²) in [5.74, 6) is -2.89. The molecule has 230 valence electrons. The Kier molecular flexibility index (Phi) is 17.0. The molecule has 0 saturated heterocycles. The van der Waals surface area contributed by atoms with Crippen molar-refractivity contribution in [2.45, 2.75) is 30.5 Å². The SMILES string of the molecule is O=C(OCC(O)CO)C(OCC(O)CO)=C(OCC(O)CO)c1cccc(OCC(O)CO)c1OCC(O)CO. The highest BCUT2D eigenvalue weighted by molar-refractivity contribution is 5.95. The van der Waals surface area contributed by atoms with Crippen molar-refractivity contribution in [2.24, 2.45) is 0 Å². The molecule has 16 heteroatoms. The lowest BCUT2D eigenvalue weighted by Crippen LogP contribution is -2.27. The first-order chi connectivity index (χ1) is 19.1. The van der Waals surface area contributed by atoms with Gasteiger partial charge in [0.1, 0.15) is 63.6 Å². The minimum Gasteiger partial charge on any atom is -0.487 e. The normalized spacial score (nSPS) is 15.8. The van der Waals surface area contributed by atoms with Crippen LogP contribution in [0.1, 0.15) is 5.56 Å². The van der Waals surface area contributed by atoms with Gasteiger partial charge in [-0.25, -0.2) is 4.79 Å². The Labute approximate surface area is 229 Å². The predicted molar refractivity (Wildman–Crippen MR) is 133 cm³/mol. The van der Waals surface area contributed by atoms with E-state index in [-0.39, 0.29) is 17.1 Å². The number of hydrogen-bond donors (Lipinski definition) is 10. The zero-order chi connectivity index (χ0) is 30.1. The molecule has 0 aliphatic carbocycles. The number of aliphatic hydroxyl groups is 10. The Bertz CT molecular complexity index is 894. The van der Waals surface area contributed by atoms with E-state index in [4.69, 9.17) is 33.9 Å². The van der Waals surface area contributed by atoms with Crippen molar-refractivity contribution in [3.05, 3.63) is 29.5 Å². The van der Waals surface area contributed by atoms with E-state index in [2.05, 4.69) is 0 Å². The predicted octanol–water partition coefficient (Wildman–Crippen LogP) is -4.54. The van der Waals surface area contributed by atoms with E-state index in [1.54, 1.807) is 0 Å². The number of carbonyl (C=O) groups excluding carboxylic acids is 1. The van der Waals surface area contributed by atoms with Crippen molar-refractivity contribution in [1.29, 1.82) is 0 Å². The van der Waals surface area contributed by atoms with E-state index < -0.39 is 114 Å². The van der Waals surface area contributed by atoms with Gasteiger partial charge in [0.25, 0.3) is 0 Å². The molecule has 16 nitrogen and oxygen atoms in total. The first-order valence-electron chi connectivity index (χ1n) is 12.1. The second kappa shape index (κ2) is 19.3. The second-order valence-corrected chi connectivity index (χ2v) is 8.32. The summed E-state index contributed by atoms with van der Waals surface area (Å²) in [5.41, 5.74) is -0.139. The molecule has 40 heavy (non-hydrogen) atoms. The smallest absolute Gasteiger partial charge is 0.377 e. The largest absolute Gasteiger partial charge is 0.487 e. The Balaban J connectivity index is 3.77. The fraction of sp³-hybridized carbons (Fsp3) is 0.625. The van der Waals surface area contributed by atoms with E-state index >= 15 is 0 Å². The summed E-state index contributed by atoms with van der Waals surface area (Å²) in [5, 5.41) is 94.6. The van der Waals surface area contributed by atoms with Crippen LogP contribution in [-0.2, 0) is 19.0 Å². The minimum absolute atomic E-state index is 0.0993. The van der Waals surface area contributed by atoms with Gasteiger partial charge in [-0.1, -0.05) is 6.07 Å². The third kappa shape index (κ3) is 12.2. The summed E-state index contributed by atoms with van der Waals surface area (Å²) in [6.45, 7) is -6.47. The molecule has 0 radical (unpaired) electrons. The second-order valence-electron chi connectivity index (χ2n) is 8.32. The van der Waals surface area contributed by atoms with Crippen LogP contribution in [0, 0.1) is 0 Å². The van der Waals surface area contributed by atoms with Crippen LogP contribution in [0.3, 0.4) is 0 Å². The number of carbonyl (C=O) groups is 1. The summed E-state index contributed by atoms with van der Waals surface area (Å²) < 4.78 is 27.1. The molecule has 1 rings (SSSR count). The number of hydrogen-bond acceptors (Lipinski definition) is 16. The average molecular weight is 583 g/mol. The van der Waals surface area contributed by atoms with Crippen LogP contribution in [0.5, 0.6) is 11.5 Å². The molecule has 0 spiro atoms. The fourth-order valence-electron chi connectivity index (χ4n) is 2.67. The van der Waals surface area contributed by atoms with Gasteiger partial charge in [0.05, 0.1) is 38.6 Å². The Hall–Kier alpha value is -2.77. The minimum atomic E-state index is -1.47. The standard InChI is InChI=1S/C24H38O16/c25-4-14(30)9-36-20-3-1-2-19(21(20)37-10-15(31)5-26)22(38-11-16(32)6-27)23(39-12-17(33)7-28)24(35)40-13-18(34)8-29/h1-3,14-18,25-34H,4-13H2. The fourth-order valence-corrected chi connectivity index (χ4v) is 2.67. The highest BCUT2D eigenvalue weighted by atomic mass is 16.6. The van der Waals surface area contributed by atoms with Crippen LogP contribution in [0.4, 0.5) is 0 Å². The molecule has 1 aromatic carbocycles. The van der Waals surface area contributed by atoms with Gasteiger partial charge in [-0.3, -0.25) is 0 Å². The molecular formula is C24H38O16. The topological polar surface area (TPSA) is 266 Å². The summed E-state index contributed by atoms with van der Waals surface area (Å²) in [4.78, 5) is 13.0. The molecule has 10 N–H and O–H groups in total. The zero-order valence-corrected chi connectivity index (χ0v) is 21.6. The van der Waals surface area contributed by atoms with Crippen LogP contribution < -0.4 is 9.47 Å². The Morgan fingerprint density at radius 1 is 0.600 bits per heavy atom. The lowest BCUT2D eigenvalue weighted by Gasteiger charge is -2.23. The highest BCUT2D eigenvalue weighted by Gasteiger charge is 2.29. The summed E-state index contributed by atoms with van der Waals surface area (Å²) in [7, 11) is 0. The summed E-state index contributed by atoms with van der Waals surface area (Å²) in [6, 6.07) is 4.07. The zero-order valence-electron chi connectivity index (χ0n) is 21.6. The molecule has 1 aromatic rings. The van der Waals surface area contributed by atoms with Gasteiger partial charge in [-0.2, -0.15) is 0 Å². The van der Waals surface area contributed by atoms with Crippen LogP contribution in [0.2, 0.25) is 0 Å².